The molecule has 0 radical (unpaired) electrons. The standard InChI is InChI=1S/C17H13Cl2N5O2/c18-11-2-3-13(12(19)6-11)22-16-8-21-24-17(23-16)20-7-10-1-4-14-15(5-10)26-9-25-14/h1-6,8H,7,9H2,(H2,20,22,23,24). The molecule has 4 rings (SSSR count). The molecule has 0 bridgehead atoms. The fraction of sp³-hybridized carbons (Fsp3) is 0.118. The Morgan fingerprint density at radius 2 is 1.92 bits per heavy atom. The Hall–Kier alpha value is -2.77. The van der Waals surface area contributed by atoms with Crippen molar-refractivity contribution < 1.29 is 9.47 Å². The van der Waals surface area contributed by atoms with Crippen molar-refractivity contribution >= 4 is 40.7 Å². The van der Waals surface area contributed by atoms with E-state index in [1.807, 2.05) is 18.2 Å². The fourth-order valence-electron chi connectivity index (χ4n) is 2.40. The molecule has 0 aliphatic carbocycles. The Labute approximate surface area is 159 Å². The van der Waals surface area contributed by atoms with Gasteiger partial charge in [-0.2, -0.15) is 10.1 Å². The van der Waals surface area contributed by atoms with Gasteiger partial charge in [0.2, 0.25) is 12.7 Å². The topological polar surface area (TPSA) is 81.2 Å². The highest BCUT2D eigenvalue weighted by atomic mass is 35.5. The normalized spacial score (nSPS) is 12.1. The van der Waals surface area contributed by atoms with E-state index in [9.17, 15) is 0 Å². The average molecular weight is 390 g/mol. The van der Waals surface area contributed by atoms with Gasteiger partial charge in [0.05, 0.1) is 16.9 Å². The number of nitrogens with zero attached hydrogens (tertiary/aromatic N) is 3. The molecule has 0 atom stereocenters. The zero-order valence-electron chi connectivity index (χ0n) is 13.4. The maximum Gasteiger partial charge on any atom is 0.244 e. The molecule has 2 aromatic carbocycles. The van der Waals surface area contributed by atoms with Crippen molar-refractivity contribution in [3.8, 4) is 11.5 Å². The van der Waals surface area contributed by atoms with Gasteiger partial charge in [0.1, 0.15) is 0 Å². The predicted molar refractivity (Wildman–Crippen MR) is 99.5 cm³/mol. The van der Waals surface area contributed by atoms with Crippen LogP contribution in [-0.2, 0) is 6.54 Å². The lowest BCUT2D eigenvalue weighted by Gasteiger charge is -2.09. The van der Waals surface area contributed by atoms with E-state index in [-0.39, 0.29) is 6.79 Å². The van der Waals surface area contributed by atoms with Crippen LogP contribution in [0.2, 0.25) is 10.0 Å². The van der Waals surface area contributed by atoms with Crippen LogP contribution in [0.15, 0.2) is 42.6 Å². The number of hydrogen-bond acceptors (Lipinski definition) is 7. The lowest BCUT2D eigenvalue weighted by Crippen LogP contribution is -2.06. The highest BCUT2D eigenvalue weighted by Gasteiger charge is 2.13. The van der Waals surface area contributed by atoms with Crippen molar-refractivity contribution in [3.05, 3.63) is 58.2 Å². The molecule has 1 aliphatic rings. The summed E-state index contributed by atoms with van der Waals surface area (Å²) in [6.07, 6.45) is 1.51. The van der Waals surface area contributed by atoms with Crippen LogP contribution < -0.4 is 20.1 Å². The van der Waals surface area contributed by atoms with E-state index >= 15 is 0 Å². The van der Waals surface area contributed by atoms with Gasteiger partial charge in [-0.25, -0.2) is 0 Å². The molecule has 3 aromatic rings. The van der Waals surface area contributed by atoms with Gasteiger partial charge in [-0.1, -0.05) is 29.3 Å². The van der Waals surface area contributed by atoms with Gasteiger partial charge >= 0.3 is 0 Å². The molecule has 0 amide bonds. The monoisotopic (exact) mass is 389 g/mol. The van der Waals surface area contributed by atoms with Crippen LogP contribution in [0.1, 0.15) is 5.56 Å². The van der Waals surface area contributed by atoms with Gasteiger partial charge in [0.25, 0.3) is 0 Å². The van der Waals surface area contributed by atoms with Gasteiger partial charge in [-0.15, -0.1) is 5.10 Å². The fourth-order valence-corrected chi connectivity index (χ4v) is 2.86. The van der Waals surface area contributed by atoms with E-state index in [2.05, 4.69) is 25.8 Å². The second-order valence-electron chi connectivity index (χ2n) is 5.46. The summed E-state index contributed by atoms with van der Waals surface area (Å²) in [5, 5.41) is 15.2. The molecule has 1 aromatic heterocycles. The van der Waals surface area contributed by atoms with E-state index in [4.69, 9.17) is 32.7 Å². The molecular formula is C17H13Cl2N5O2. The number of halogens is 2. The second kappa shape index (κ2) is 7.23. The number of aromatic nitrogens is 3. The molecule has 0 unspecified atom stereocenters. The van der Waals surface area contributed by atoms with E-state index in [0.29, 0.717) is 34.0 Å². The second-order valence-corrected chi connectivity index (χ2v) is 6.30. The number of hydrogen-bond donors (Lipinski definition) is 2. The summed E-state index contributed by atoms with van der Waals surface area (Å²) >= 11 is 12.1. The molecule has 0 saturated heterocycles. The third-order valence-corrected chi connectivity index (χ3v) is 4.19. The molecular weight excluding hydrogens is 377 g/mol. The summed E-state index contributed by atoms with van der Waals surface area (Å²) in [4.78, 5) is 4.38. The minimum atomic E-state index is 0.250. The zero-order valence-corrected chi connectivity index (χ0v) is 14.9. The number of fused-ring (bicyclic) bond motifs is 1. The van der Waals surface area contributed by atoms with Crippen molar-refractivity contribution in [2.45, 2.75) is 6.54 Å². The highest BCUT2D eigenvalue weighted by molar-refractivity contribution is 6.36. The van der Waals surface area contributed by atoms with Gasteiger partial charge in [0.15, 0.2) is 17.3 Å². The van der Waals surface area contributed by atoms with Crippen molar-refractivity contribution in [2.75, 3.05) is 17.4 Å². The van der Waals surface area contributed by atoms with Gasteiger partial charge in [0, 0.05) is 11.6 Å². The first-order valence-corrected chi connectivity index (χ1v) is 8.47. The molecule has 7 nitrogen and oxygen atoms in total. The molecule has 2 N–H and O–H groups in total. The quantitative estimate of drug-likeness (QED) is 0.674. The Bertz CT molecular complexity index is 954. The first-order valence-electron chi connectivity index (χ1n) is 7.71. The van der Waals surface area contributed by atoms with Crippen LogP contribution in [0.25, 0.3) is 0 Å². The molecule has 2 heterocycles. The number of rotatable bonds is 5. The maximum absolute atomic E-state index is 6.16. The van der Waals surface area contributed by atoms with Crippen molar-refractivity contribution in [1.29, 1.82) is 0 Å². The SMILES string of the molecule is Clc1ccc(Nc2cnnc(NCc3ccc4c(c3)OCO4)n2)c(Cl)c1. The summed E-state index contributed by atoms with van der Waals surface area (Å²) < 4.78 is 10.7. The Morgan fingerprint density at radius 1 is 1.04 bits per heavy atom. The maximum atomic E-state index is 6.16. The van der Waals surface area contributed by atoms with E-state index in [0.717, 1.165) is 17.1 Å². The average Bonchev–Trinajstić information content (AvgIpc) is 3.10. The first-order chi connectivity index (χ1) is 12.7. The molecule has 0 saturated carbocycles. The number of ether oxygens (including phenoxy) is 2. The molecule has 0 spiro atoms. The van der Waals surface area contributed by atoms with Gasteiger partial charge < -0.3 is 20.1 Å². The smallest absolute Gasteiger partial charge is 0.244 e. The van der Waals surface area contributed by atoms with Crippen LogP contribution in [0.5, 0.6) is 11.5 Å². The number of benzene rings is 2. The summed E-state index contributed by atoms with van der Waals surface area (Å²) in [5.41, 5.74) is 1.69. The Morgan fingerprint density at radius 3 is 2.81 bits per heavy atom. The Kier molecular flexibility index (Phi) is 4.64. The van der Waals surface area contributed by atoms with Crippen molar-refractivity contribution in [2.24, 2.45) is 0 Å². The van der Waals surface area contributed by atoms with Crippen LogP contribution in [0.3, 0.4) is 0 Å². The van der Waals surface area contributed by atoms with E-state index in [1.165, 1.54) is 6.20 Å². The van der Waals surface area contributed by atoms with Crippen LogP contribution in [0.4, 0.5) is 17.5 Å². The summed E-state index contributed by atoms with van der Waals surface area (Å²) in [7, 11) is 0. The first kappa shape index (κ1) is 16.7. The van der Waals surface area contributed by atoms with Crippen LogP contribution in [-0.4, -0.2) is 22.0 Å². The number of nitrogens with one attached hydrogen (secondary N) is 2. The van der Waals surface area contributed by atoms with Crippen LogP contribution in [0, 0.1) is 0 Å². The molecule has 26 heavy (non-hydrogen) atoms. The summed E-state index contributed by atoms with van der Waals surface area (Å²) in [6, 6.07) is 10.9. The minimum Gasteiger partial charge on any atom is -0.454 e. The predicted octanol–water partition coefficient (Wildman–Crippen LogP) is 4.26. The zero-order chi connectivity index (χ0) is 17.9. The molecule has 0 fully saturated rings. The van der Waals surface area contributed by atoms with E-state index in [1.54, 1.807) is 18.2 Å². The highest BCUT2D eigenvalue weighted by Crippen LogP contribution is 2.32. The minimum absolute atomic E-state index is 0.250. The third-order valence-electron chi connectivity index (χ3n) is 3.64. The molecule has 132 valence electrons. The van der Waals surface area contributed by atoms with Crippen molar-refractivity contribution in [3.63, 3.8) is 0 Å². The lowest BCUT2D eigenvalue weighted by atomic mass is 10.2. The Balaban J connectivity index is 1.44. The third kappa shape index (κ3) is 3.74. The summed E-state index contributed by atoms with van der Waals surface area (Å²) in [5.74, 6) is 2.38. The largest absolute Gasteiger partial charge is 0.454 e. The van der Waals surface area contributed by atoms with Gasteiger partial charge in [-0.3, -0.25) is 0 Å². The lowest BCUT2D eigenvalue weighted by molar-refractivity contribution is 0.174. The van der Waals surface area contributed by atoms with Crippen molar-refractivity contribution in [1.82, 2.24) is 15.2 Å². The molecule has 9 heteroatoms. The van der Waals surface area contributed by atoms with E-state index < -0.39 is 0 Å². The van der Waals surface area contributed by atoms with Gasteiger partial charge in [-0.05, 0) is 35.9 Å². The number of anilines is 3. The molecule has 1 aliphatic heterocycles. The summed E-state index contributed by atoms with van der Waals surface area (Å²) in [6.45, 7) is 0.768. The van der Waals surface area contributed by atoms with Crippen LogP contribution >= 0.6 is 23.2 Å².